The number of piperazine rings is 1. The lowest BCUT2D eigenvalue weighted by molar-refractivity contribution is 0.116. The molecule has 1 aromatic carbocycles. The van der Waals surface area contributed by atoms with Crippen molar-refractivity contribution in [3.63, 3.8) is 0 Å². The van der Waals surface area contributed by atoms with Gasteiger partial charge in [0.05, 0.1) is 0 Å². The Labute approximate surface area is 174 Å². The number of hydrogen-bond acceptors (Lipinski definition) is 4. The first kappa shape index (κ1) is 22.5. The molecule has 0 aromatic heterocycles. The monoisotopic (exact) mass is 477 g/mol. The van der Waals surface area contributed by atoms with Gasteiger partial charge in [-0.05, 0) is 44.5 Å². The third kappa shape index (κ3) is 6.96. The van der Waals surface area contributed by atoms with Crippen LogP contribution >= 0.6 is 35.7 Å². The Morgan fingerprint density at radius 2 is 2.04 bits per heavy atom. The second-order valence-corrected chi connectivity index (χ2v) is 7.37. The van der Waals surface area contributed by atoms with E-state index in [4.69, 9.17) is 0 Å². The second-order valence-electron chi connectivity index (χ2n) is 6.52. The minimum Gasteiger partial charge on any atom is -0.355 e. The Bertz CT molecular complexity index is 566. The van der Waals surface area contributed by atoms with E-state index in [9.17, 15) is 0 Å². The SMILES string of the molecule is CN=C(NCc1ccc(C)cc1SC)NCC1CN(C)CCN1C.I. The number of nitrogens with one attached hydrogen (secondary N) is 2. The van der Waals surface area contributed by atoms with E-state index in [1.807, 2.05) is 7.05 Å². The molecular formula is C18H32IN5S. The first-order chi connectivity index (χ1) is 11.5. The number of benzene rings is 1. The first-order valence-corrected chi connectivity index (χ1v) is 9.72. The standard InChI is InChI=1S/C18H31N5S.HI/c1-14-6-7-15(17(10-14)24-5)11-20-18(19-2)21-12-16-13-22(3)8-9-23(16)4;/h6-7,10,16H,8-9,11-13H2,1-5H3,(H2,19,20,21);1H. The molecule has 1 saturated heterocycles. The lowest BCUT2D eigenvalue weighted by atomic mass is 10.1. The normalized spacial score (nSPS) is 19.4. The van der Waals surface area contributed by atoms with Crippen LogP contribution in [0.15, 0.2) is 28.1 Å². The zero-order valence-corrected chi connectivity index (χ0v) is 19.1. The molecule has 0 aliphatic carbocycles. The average molecular weight is 477 g/mol. The van der Waals surface area contributed by atoms with E-state index >= 15 is 0 Å². The fourth-order valence-electron chi connectivity index (χ4n) is 2.93. The van der Waals surface area contributed by atoms with Crippen molar-refractivity contribution in [3.8, 4) is 0 Å². The van der Waals surface area contributed by atoms with E-state index in [2.05, 4.69) is 70.9 Å². The molecule has 1 fully saturated rings. The molecule has 142 valence electrons. The summed E-state index contributed by atoms with van der Waals surface area (Å²) >= 11 is 1.79. The number of thioether (sulfide) groups is 1. The Morgan fingerprint density at radius 3 is 2.72 bits per heavy atom. The molecule has 1 aliphatic heterocycles. The van der Waals surface area contributed by atoms with E-state index in [-0.39, 0.29) is 24.0 Å². The van der Waals surface area contributed by atoms with Crippen molar-refractivity contribution in [1.82, 2.24) is 20.4 Å². The van der Waals surface area contributed by atoms with E-state index < -0.39 is 0 Å². The van der Waals surface area contributed by atoms with Gasteiger partial charge in [0.15, 0.2) is 5.96 Å². The lowest BCUT2D eigenvalue weighted by Gasteiger charge is -2.37. The summed E-state index contributed by atoms with van der Waals surface area (Å²) in [6, 6.07) is 7.12. The molecule has 5 nitrogen and oxygen atoms in total. The summed E-state index contributed by atoms with van der Waals surface area (Å²) < 4.78 is 0. The van der Waals surface area contributed by atoms with Crippen molar-refractivity contribution in [2.45, 2.75) is 24.4 Å². The number of halogens is 1. The number of nitrogens with zero attached hydrogens (tertiary/aromatic N) is 3. The van der Waals surface area contributed by atoms with Gasteiger partial charge >= 0.3 is 0 Å². The highest BCUT2D eigenvalue weighted by molar-refractivity contribution is 14.0. The molecule has 1 aromatic rings. The molecule has 0 amide bonds. The second kappa shape index (κ2) is 11.3. The molecule has 1 atom stereocenters. The van der Waals surface area contributed by atoms with Crippen molar-refractivity contribution in [2.75, 3.05) is 53.6 Å². The number of guanidine groups is 1. The average Bonchev–Trinajstić information content (AvgIpc) is 2.58. The van der Waals surface area contributed by atoms with E-state index in [1.165, 1.54) is 16.0 Å². The Hall–Kier alpha value is -0.510. The summed E-state index contributed by atoms with van der Waals surface area (Å²) in [5.41, 5.74) is 2.61. The van der Waals surface area contributed by atoms with Gasteiger partial charge < -0.3 is 15.5 Å². The minimum atomic E-state index is 0. The summed E-state index contributed by atoms with van der Waals surface area (Å²) in [5.74, 6) is 0.865. The predicted octanol–water partition coefficient (Wildman–Crippen LogP) is 2.25. The largest absolute Gasteiger partial charge is 0.355 e. The van der Waals surface area contributed by atoms with Crippen molar-refractivity contribution in [2.24, 2.45) is 4.99 Å². The summed E-state index contributed by atoms with van der Waals surface area (Å²) in [7, 11) is 6.22. The number of rotatable bonds is 5. The molecule has 0 spiro atoms. The Balaban J connectivity index is 0.00000312. The van der Waals surface area contributed by atoms with Crippen LogP contribution in [0.25, 0.3) is 0 Å². The third-order valence-electron chi connectivity index (χ3n) is 4.60. The zero-order chi connectivity index (χ0) is 17.5. The van der Waals surface area contributed by atoms with Crippen LogP contribution in [-0.2, 0) is 6.54 Å². The molecule has 25 heavy (non-hydrogen) atoms. The fraction of sp³-hybridized carbons (Fsp3) is 0.611. The molecule has 0 saturated carbocycles. The quantitative estimate of drug-likeness (QED) is 0.295. The van der Waals surface area contributed by atoms with E-state index in [0.717, 1.165) is 38.7 Å². The lowest BCUT2D eigenvalue weighted by Crippen LogP contribution is -2.55. The van der Waals surface area contributed by atoms with Crippen molar-refractivity contribution < 1.29 is 0 Å². The zero-order valence-electron chi connectivity index (χ0n) is 16.0. The molecule has 0 bridgehead atoms. The smallest absolute Gasteiger partial charge is 0.191 e. The Morgan fingerprint density at radius 1 is 1.28 bits per heavy atom. The molecular weight excluding hydrogens is 445 g/mol. The summed E-state index contributed by atoms with van der Waals surface area (Å²) in [5, 5.41) is 6.91. The van der Waals surface area contributed by atoms with Crippen LogP contribution in [0.3, 0.4) is 0 Å². The summed E-state index contributed by atoms with van der Waals surface area (Å²) in [6.45, 7) is 7.19. The van der Waals surface area contributed by atoms with Crippen LogP contribution in [0.1, 0.15) is 11.1 Å². The van der Waals surface area contributed by atoms with Gasteiger partial charge in [-0.3, -0.25) is 9.89 Å². The van der Waals surface area contributed by atoms with Crippen molar-refractivity contribution in [1.29, 1.82) is 0 Å². The maximum absolute atomic E-state index is 4.36. The highest BCUT2D eigenvalue weighted by atomic mass is 127. The van der Waals surface area contributed by atoms with Crippen molar-refractivity contribution >= 4 is 41.7 Å². The molecule has 2 rings (SSSR count). The first-order valence-electron chi connectivity index (χ1n) is 8.50. The van der Waals surface area contributed by atoms with E-state index in [0.29, 0.717) is 6.04 Å². The van der Waals surface area contributed by atoms with Crippen molar-refractivity contribution in [3.05, 3.63) is 29.3 Å². The van der Waals surface area contributed by atoms with Gasteiger partial charge in [0.1, 0.15) is 0 Å². The predicted molar refractivity (Wildman–Crippen MR) is 120 cm³/mol. The molecule has 2 N–H and O–H groups in total. The van der Waals surface area contributed by atoms with Crippen LogP contribution in [0.2, 0.25) is 0 Å². The molecule has 1 heterocycles. The van der Waals surface area contributed by atoms with Crippen LogP contribution in [-0.4, -0.2) is 75.4 Å². The summed E-state index contributed by atoms with van der Waals surface area (Å²) in [6.07, 6.45) is 2.13. The molecule has 7 heteroatoms. The number of aliphatic imine (C=N–C) groups is 1. The number of hydrogen-bond donors (Lipinski definition) is 2. The van der Waals surface area contributed by atoms with Gasteiger partial charge in [-0.15, -0.1) is 35.7 Å². The maximum atomic E-state index is 4.36. The molecule has 0 radical (unpaired) electrons. The van der Waals surface area contributed by atoms with Gasteiger partial charge in [-0.2, -0.15) is 0 Å². The van der Waals surface area contributed by atoms with E-state index in [1.54, 1.807) is 11.8 Å². The summed E-state index contributed by atoms with van der Waals surface area (Å²) in [4.78, 5) is 10.5. The maximum Gasteiger partial charge on any atom is 0.191 e. The van der Waals surface area contributed by atoms with Crippen LogP contribution in [0.5, 0.6) is 0 Å². The van der Waals surface area contributed by atoms with Gasteiger partial charge in [-0.25, -0.2) is 0 Å². The van der Waals surface area contributed by atoms with Crippen LogP contribution in [0.4, 0.5) is 0 Å². The van der Waals surface area contributed by atoms with Gasteiger partial charge in [0.2, 0.25) is 0 Å². The van der Waals surface area contributed by atoms with Gasteiger partial charge in [0.25, 0.3) is 0 Å². The molecule has 1 aliphatic rings. The highest BCUT2D eigenvalue weighted by Crippen LogP contribution is 2.21. The number of aryl methyl sites for hydroxylation is 1. The molecule has 1 unspecified atom stereocenters. The third-order valence-corrected chi connectivity index (χ3v) is 5.42. The van der Waals surface area contributed by atoms with Gasteiger partial charge in [-0.1, -0.05) is 12.1 Å². The minimum absolute atomic E-state index is 0. The topological polar surface area (TPSA) is 42.9 Å². The highest BCUT2D eigenvalue weighted by Gasteiger charge is 2.22. The number of likely N-dealkylation sites (N-methyl/N-ethyl adjacent to an activating group) is 2. The van der Waals surface area contributed by atoms with Gasteiger partial charge in [0, 0.05) is 50.7 Å². The fourth-order valence-corrected chi connectivity index (χ4v) is 3.64. The van der Waals surface area contributed by atoms with Crippen LogP contribution < -0.4 is 10.6 Å². The van der Waals surface area contributed by atoms with Crippen LogP contribution in [0, 0.1) is 6.92 Å². The Kier molecular flexibility index (Phi) is 10.1.